The van der Waals surface area contributed by atoms with E-state index in [0.29, 0.717) is 0 Å². The Morgan fingerprint density at radius 1 is 0.769 bits per heavy atom. The van der Waals surface area contributed by atoms with Crippen LogP contribution in [0, 0.1) is 29.6 Å². The zero-order chi connectivity index (χ0) is 9.42. The van der Waals surface area contributed by atoms with E-state index in [2.05, 4.69) is 20.8 Å². The molecule has 13 heavy (non-hydrogen) atoms. The molecule has 5 unspecified atom stereocenters. The normalized spacial score (nSPS) is 51.5. The van der Waals surface area contributed by atoms with Crippen LogP contribution in [0.25, 0.3) is 0 Å². The summed E-state index contributed by atoms with van der Waals surface area (Å²) >= 11 is 0. The molecular weight excluding hydrogens is 156 g/mol. The van der Waals surface area contributed by atoms with E-state index in [1.54, 1.807) is 0 Å². The molecule has 0 radical (unpaired) electrons. The first-order valence-corrected chi connectivity index (χ1v) is 6.16. The minimum atomic E-state index is 1.00. The van der Waals surface area contributed by atoms with Gasteiger partial charge in [0, 0.05) is 0 Å². The summed E-state index contributed by atoms with van der Waals surface area (Å²) in [4.78, 5) is 0. The van der Waals surface area contributed by atoms with Crippen LogP contribution in [0.2, 0.25) is 0 Å². The van der Waals surface area contributed by atoms with Gasteiger partial charge in [-0.1, -0.05) is 27.2 Å². The van der Waals surface area contributed by atoms with Crippen molar-refractivity contribution >= 4 is 0 Å². The van der Waals surface area contributed by atoms with Crippen LogP contribution >= 0.6 is 0 Å². The summed E-state index contributed by atoms with van der Waals surface area (Å²) in [6.07, 6.45) is 7.58. The summed E-state index contributed by atoms with van der Waals surface area (Å²) < 4.78 is 0. The SMILES string of the molecule is CC1CCC2C(C)CC(C)CC2C1. The Hall–Kier alpha value is 0. The van der Waals surface area contributed by atoms with E-state index in [1.165, 1.54) is 32.1 Å². The lowest BCUT2D eigenvalue weighted by Crippen LogP contribution is -2.34. The molecule has 0 saturated heterocycles. The van der Waals surface area contributed by atoms with Gasteiger partial charge in [-0.2, -0.15) is 0 Å². The van der Waals surface area contributed by atoms with Gasteiger partial charge in [0.05, 0.1) is 0 Å². The molecule has 2 fully saturated rings. The summed E-state index contributed by atoms with van der Waals surface area (Å²) in [5.74, 6) is 5.21. The molecule has 2 saturated carbocycles. The molecule has 0 bridgehead atoms. The van der Waals surface area contributed by atoms with Crippen LogP contribution in [0.15, 0.2) is 0 Å². The number of rotatable bonds is 0. The molecule has 5 atom stereocenters. The smallest absolute Gasteiger partial charge is 0.0360 e. The van der Waals surface area contributed by atoms with Gasteiger partial charge >= 0.3 is 0 Å². The number of hydrogen-bond donors (Lipinski definition) is 0. The Morgan fingerprint density at radius 3 is 2.23 bits per heavy atom. The lowest BCUT2D eigenvalue weighted by molar-refractivity contribution is 0.0620. The summed E-state index contributed by atoms with van der Waals surface area (Å²) in [6.45, 7) is 7.38. The molecule has 0 N–H and O–H groups in total. The van der Waals surface area contributed by atoms with Crippen molar-refractivity contribution in [2.75, 3.05) is 0 Å². The molecule has 0 nitrogen and oxygen atoms in total. The van der Waals surface area contributed by atoms with Crippen LogP contribution in [-0.4, -0.2) is 0 Å². The van der Waals surface area contributed by atoms with Crippen molar-refractivity contribution in [3.8, 4) is 0 Å². The molecule has 76 valence electrons. The van der Waals surface area contributed by atoms with Gasteiger partial charge in [0.1, 0.15) is 0 Å². The maximum absolute atomic E-state index is 2.49. The standard InChI is InChI=1S/C13H24/c1-9-4-5-13-11(3)6-10(2)8-12(13)7-9/h9-13H,4-8H2,1-3H3. The fourth-order valence-corrected chi connectivity index (χ4v) is 3.96. The zero-order valence-corrected chi connectivity index (χ0v) is 9.42. The van der Waals surface area contributed by atoms with E-state index in [-0.39, 0.29) is 0 Å². The monoisotopic (exact) mass is 180 g/mol. The Labute approximate surface area is 83.1 Å². The van der Waals surface area contributed by atoms with Gasteiger partial charge in [-0.15, -0.1) is 0 Å². The Kier molecular flexibility index (Phi) is 2.67. The van der Waals surface area contributed by atoms with Crippen LogP contribution in [-0.2, 0) is 0 Å². The third-order valence-corrected chi connectivity index (χ3v) is 4.51. The Balaban J connectivity index is 2.02. The zero-order valence-electron chi connectivity index (χ0n) is 9.42. The third-order valence-electron chi connectivity index (χ3n) is 4.51. The van der Waals surface area contributed by atoms with Crippen molar-refractivity contribution in [3.63, 3.8) is 0 Å². The van der Waals surface area contributed by atoms with Crippen molar-refractivity contribution in [2.45, 2.75) is 52.9 Å². The molecule has 0 aromatic rings. The maximum Gasteiger partial charge on any atom is -0.0360 e. The number of fused-ring (bicyclic) bond motifs is 1. The fourth-order valence-electron chi connectivity index (χ4n) is 3.96. The molecule has 2 aliphatic rings. The van der Waals surface area contributed by atoms with E-state index in [4.69, 9.17) is 0 Å². The Bertz CT molecular complexity index is 171. The van der Waals surface area contributed by atoms with Crippen molar-refractivity contribution in [1.29, 1.82) is 0 Å². The van der Waals surface area contributed by atoms with E-state index >= 15 is 0 Å². The average Bonchev–Trinajstić information content (AvgIpc) is 2.02. The minimum absolute atomic E-state index is 1.00. The van der Waals surface area contributed by atoms with E-state index < -0.39 is 0 Å². The molecule has 0 heterocycles. The topological polar surface area (TPSA) is 0 Å². The molecular formula is C13H24. The molecule has 0 spiro atoms. The van der Waals surface area contributed by atoms with Crippen molar-refractivity contribution in [1.82, 2.24) is 0 Å². The first kappa shape index (κ1) is 9.55. The largest absolute Gasteiger partial charge is 0.0625 e. The first-order valence-electron chi connectivity index (χ1n) is 6.16. The van der Waals surface area contributed by atoms with E-state index in [1.807, 2.05) is 0 Å². The van der Waals surface area contributed by atoms with Gasteiger partial charge in [0.25, 0.3) is 0 Å². The van der Waals surface area contributed by atoms with Gasteiger partial charge in [0.15, 0.2) is 0 Å². The second-order valence-corrected chi connectivity index (χ2v) is 5.90. The number of hydrogen-bond acceptors (Lipinski definition) is 0. The van der Waals surface area contributed by atoms with Gasteiger partial charge < -0.3 is 0 Å². The summed E-state index contributed by atoms with van der Waals surface area (Å²) in [5, 5.41) is 0. The summed E-state index contributed by atoms with van der Waals surface area (Å²) in [7, 11) is 0. The van der Waals surface area contributed by atoms with Crippen LogP contribution in [0.3, 0.4) is 0 Å². The van der Waals surface area contributed by atoms with Crippen LogP contribution in [0.5, 0.6) is 0 Å². The summed E-state index contributed by atoms with van der Waals surface area (Å²) in [6, 6.07) is 0. The fraction of sp³-hybridized carbons (Fsp3) is 1.00. The van der Waals surface area contributed by atoms with Gasteiger partial charge in [-0.25, -0.2) is 0 Å². The Morgan fingerprint density at radius 2 is 1.46 bits per heavy atom. The lowest BCUT2D eigenvalue weighted by atomic mass is 9.61. The van der Waals surface area contributed by atoms with E-state index in [0.717, 1.165) is 29.6 Å². The predicted molar refractivity (Wildman–Crippen MR) is 57.6 cm³/mol. The molecule has 2 aliphatic carbocycles. The van der Waals surface area contributed by atoms with Crippen molar-refractivity contribution in [3.05, 3.63) is 0 Å². The highest BCUT2D eigenvalue weighted by molar-refractivity contribution is 4.87. The highest BCUT2D eigenvalue weighted by Crippen LogP contribution is 2.47. The molecule has 0 aromatic heterocycles. The molecule has 0 amide bonds. The van der Waals surface area contributed by atoms with Gasteiger partial charge in [-0.05, 0) is 55.3 Å². The quantitative estimate of drug-likeness (QED) is 0.526. The van der Waals surface area contributed by atoms with Crippen LogP contribution in [0.1, 0.15) is 52.9 Å². The van der Waals surface area contributed by atoms with Crippen molar-refractivity contribution < 1.29 is 0 Å². The van der Waals surface area contributed by atoms with Crippen molar-refractivity contribution in [2.24, 2.45) is 29.6 Å². The second-order valence-electron chi connectivity index (χ2n) is 5.90. The van der Waals surface area contributed by atoms with E-state index in [9.17, 15) is 0 Å². The maximum atomic E-state index is 2.49. The highest BCUT2D eigenvalue weighted by Gasteiger charge is 2.36. The highest BCUT2D eigenvalue weighted by atomic mass is 14.4. The second kappa shape index (κ2) is 3.63. The molecule has 2 rings (SSSR count). The van der Waals surface area contributed by atoms with Crippen LogP contribution < -0.4 is 0 Å². The molecule has 0 heteroatoms. The summed E-state index contributed by atoms with van der Waals surface area (Å²) in [5.41, 5.74) is 0. The molecule has 0 aliphatic heterocycles. The lowest BCUT2D eigenvalue weighted by Gasteiger charge is -2.44. The average molecular weight is 180 g/mol. The minimum Gasteiger partial charge on any atom is -0.0625 e. The van der Waals surface area contributed by atoms with Gasteiger partial charge in [0.2, 0.25) is 0 Å². The van der Waals surface area contributed by atoms with Gasteiger partial charge in [-0.3, -0.25) is 0 Å². The first-order chi connectivity index (χ1) is 6.16. The third kappa shape index (κ3) is 1.92. The van der Waals surface area contributed by atoms with Crippen LogP contribution in [0.4, 0.5) is 0 Å². The molecule has 0 aromatic carbocycles. The predicted octanol–water partition coefficient (Wildman–Crippen LogP) is 4.10.